The summed E-state index contributed by atoms with van der Waals surface area (Å²) < 4.78 is 0. The first kappa shape index (κ1) is 45.0. The van der Waals surface area contributed by atoms with Crippen LogP contribution < -0.4 is 4.90 Å². The van der Waals surface area contributed by atoms with Crippen molar-refractivity contribution in [3.8, 4) is 12.8 Å². The van der Waals surface area contributed by atoms with Crippen LogP contribution in [0.5, 0.6) is 0 Å². The van der Waals surface area contributed by atoms with E-state index in [1.807, 2.05) is 0 Å². The molecule has 0 bridgehead atoms. The summed E-state index contributed by atoms with van der Waals surface area (Å²) in [5.74, 6) is 3.74. The van der Waals surface area contributed by atoms with Crippen molar-refractivity contribution in [2.45, 2.75) is 155 Å². The lowest BCUT2D eigenvalue weighted by atomic mass is 9.97. The van der Waals surface area contributed by atoms with Gasteiger partial charge in [-0.15, -0.1) is 12.8 Å². The van der Waals surface area contributed by atoms with Crippen molar-refractivity contribution >= 4 is 21.3 Å². The highest BCUT2D eigenvalue weighted by Crippen LogP contribution is 2.71. The van der Waals surface area contributed by atoms with E-state index in [1.54, 1.807) is 9.80 Å². The second-order valence-corrected chi connectivity index (χ2v) is 19.9. The van der Waals surface area contributed by atoms with Crippen molar-refractivity contribution in [2.75, 3.05) is 16.4 Å². The van der Waals surface area contributed by atoms with Crippen molar-refractivity contribution in [3.05, 3.63) is 136 Å². The Morgan fingerprint density at radius 2 is 1.48 bits per heavy atom. The topological polar surface area (TPSA) is 3.24 Å². The van der Waals surface area contributed by atoms with Gasteiger partial charge in [-0.25, -0.2) is 0 Å². The van der Waals surface area contributed by atoms with Crippen LogP contribution >= 0.6 is 10.0 Å². The zero-order valence-electron chi connectivity index (χ0n) is 36.2. The molecule has 1 atom stereocenters. The molecular formula is C54H75NS. The molecule has 0 aromatic heterocycles. The zero-order chi connectivity index (χ0) is 40.2. The van der Waals surface area contributed by atoms with E-state index >= 15 is 0 Å². The maximum atomic E-state index is 4.00. The number of rotatable bonds is 22. The summed E-state index contributed by atoms with van der Waals surface area (Å²) in [7, 11) is -1.21. The lowest BCUT2D eigenvalue weighted by Gasteiger charge is -2.41. The summed E-state index contributed by atoms with van der Waals surface area (Å²) in [6.07, 6.45) is 52.5. The minimum Gasteiger partial charge on any atom is -0.314 e. The molecule has 1 heterocycles. The van der Waals surface area contributed by atoms with E-state index in [9.17, 15) is 0 Å². The van der Waals surface area contributed by atoms with Crippen LogP contribution in [0.2, 0.25) is 0 Å². The number of hydrogen-bond acceptors (Lipinski definition) is 1. The number of unbranched alkanes of at least 4 members (excludes halogenated alkanes) is 10. The summed E-state index contributed by atoms with van der Waals surface area (Å²) in [5.41, 5.74) is 9.81. The van der Waals surface area contributed by atoms with E-state index in [0.717, 1.165) is 25.7 Å². The predicted molar refractivity (Wildman–Crippen MR) is 254 cm³/mol. The van der Waals surface area contributed by atoms with Gasteiger partial charge in [-0.3, -0.25) is 0 Å². The van der Waals surface area contributed by atoms with Crippen molar-refractivity contribution in [1.29, 1.82) is 0 Å². The second kappa shape index (κ2) is 24.2. The Morgan fingerprint density at radius 3 is 2.09 bits per heavy atom. The van der Waals surface area contributed by atoms with Crippen LogP contribution in [0, 0.1) is 25.7 Å². The van der Waals surface area contributed by atoms with Gasteiger partial charge in [0.2, 0.25) is 0 Å². The third kappa shape index (κ3) is 12.2. The van der Waals surface area contributed by atoms with Gasteiger partial charge >= 0.3 is 0 Å². The molecule has 2 heteroatoms. The van der Waals surface area contributed by atoms with Gasteiger partial charge in [-0.1, -0.05) is 177 Å². The highest BCUT2D eigenvalue weighted by atomic mass is 32.3. The maximum absolute atomic E-state index is 4.00. The first-order valence-electron chi connectivity index (χ1n) is 22.4. The fourth-order valence-corrected chi connectivity index (χ4v) is 13.3. The van der Waals surface area contributed by atoms with Crippen molar-refractivity contribution in [1.82, 2.24) is 0 Å². The SMILES string of the molecule is C#C.CC/C=C(\C=C/CC1C=CC=CC1)N(C1=CC2=C(C=CC1)c1ccc(C)cc1S2(CCCCCCCC)CCCCCCCC)c1ccc(C(C)C)cc1. The first-order chi connectivity index (χ1) is 27.4. The number of fused-ring (bicyclic) bond motifs is 2. The van der Waals surface area contributed by atoms with Crippen LogP contribution in [-0.4, -0.2) is 11.5 Å². The smallest absolute Gasteiger partial charge is 0.0458 e. The standard InChI is InChI=1S/C52H73NS.C2H2/c1-7-10-12-14-16-21-38-54(39-22-17-15-13-11-8-2)51-40-43(6)32-37-50(51)49-31-24-30-48(41-52(49)54)53(47-35-33-45(34-36-47)42(4)5)46(25-9-3)29-23-28-44-26-19-18-20-27-44;1-2/h18-20,23-26,29,31-37,40-42,44H,7-17,21-22,27-28,30,38-39H2,1-6H3;1-2H/b29-23-,46-25+;. The lowest BCUT2D eigenvalue weighted by Crippen LogP contribution is -2.22. The average molecular weight is 770 g/mol. The van der Waals surface area contributed by atoms with Crippen LogP contribution in [0.15, 0.2) is 124 Å². The number of nitrogens with zero attached hydrogens (tertiary/aromatic N) is 1. The summed E-state index contributed by atoms with van der Waals surface area (Å²) in [6.45, 7) is 13.9. The summed E-state index contributed by atoms with van der Waals surface area (Å²) in [5, 5.41) is 0. The van der Waals surface area contributed by atoms with E-state index in [1.165, 1.54) is 128 Å². The number of allylic oxidation sites excluding steroid dienone is 11. The summed E-state index contributed by atoms with van der Waals surface area (Å²) in [6, 6.07) is 16.9. The van der Waals surface area contributed by atoms with E-state index in [-0.39, 0.29) is 0 Å². The van der Waals surface area contributed by atoms with Crippen LogP contribution in [0.4, 0.5) is 5.69 Å². The van der Waals surface area contributed by atoms with Crippen LogP contribution in [0.25, 0.3) is 5.57 Å². The Morgan fingerprint density at radius 1 is 0.821 bits per heavy atom. The molecule has 5 rings (SSSR count). The minimum atomic E-state index is -1.21. The van der Waals surface area contributed by atoms with E-state index in [0.29, 0.717) is 11.8 Å². The first-order valence-corrected chi connectivity index (χ1v) is 24.3. The molecule has 1 nitrogen and oxygen atoms in total. The number of aryl methyl sites for hydroxylation is 1. The largest absolute Gasteiger partial charge is 0.314 e. The molecule has 0 radical (unpaired) electrons. The number of anilines is 1. The average Bonchev–Trinajstić information content (AvgIpc) is 3.31. The Hall–Kier alpha value is -3.67. The molecule has 0 N–H and O–H groups in total. The van der Waals surface area contributed by atoms with Crippen LogP contribution in [0.3, 0.4) is 0 Å². The zero-order valence-corrected chi connectivity index (χ0v) is 37.0. The van der Waals surface area contributed by atoms with E-state index < -0.39 is 10.0 Å². The molecule has 1 aliphatic heterocycles. The highest BCUT2D eigenvalue weighted by Gasteiger charge is 2.39. The number of terminal acetylenes is 1. The minimum absolute atomic E-state index is 0.511. The van der Waals surface area contributed by atoms with E-state index in [4.69, 9.17) is 0 Å². The van der Waals surface area contributed by atoms with Gasteiger partial charge < -0.3 is 4.90 Å². The van der Waals surface area contributed by atoms with E-state index in [2.05, 4.69) is 163 Å². The molecule has 3 aliphatic rings. The Labute approximate surface area is 346 Å². The van der Waals surface area contributed by atoms with Gasteiger partial charge in [0.05, 0.1) is 0 Å². The normalized spacial score (nSPS) is 17.7. The lowest BCUT2D eigenvalue weighted by molar-refractivity contribution is 0.622. The van der Waals surface area contributed by atoms with Crippen molar-refractivity contribution in [3.63, 3.8) is 0 Å². The quantitative estimate of drug-likeness (QED) is 0.0655. The predicted octanol–water partition coefficient (Wildman–Crippen LogP) is 16.7. The Bertz CT molecular complexity index is 1720. The summed E-state index contributed by atoms with van der Waals surface area (Å²) >= 11 is 0. The van der Waals surface area contributed by atoms with Gasteiger partial charge in [-0.2, -0.15) is 10.0 Å². The molecular weight excluding hydrogens is 695 g/mol. The molecule has 0 saturated heterocycles. The molecule has 56 heavy (non-hydrogen) atoms. The van der Waals surface area contributed by atoms with Gasteiger partial charge in [0.1, 0.15) is 0 Å². The Kier molecular flexibility index (Phi) is 19.4. The van der Waals surface area contributed by atoms with Gasteiger partial charge in [0.25, 0.3) is 0 Å². The number of benzene rings is 2. The van der Waals surface area contributed by atoms with Gasteiger partial charge in [-0.05, 0) is 109 Å². The fraction of sp³-hybridized carbons (Fsp3) is 0.481. The second-order valence-electron chi connectivity index (χ2n) is 16.4. The Balaban J connectivity index is 0.00000342. The molecule has 2 aliphatic carbocycles. The molecule has 0 saturated carbocycles. The molecule has 302 valence electrons. The van der Waals surface area contributed by atoms with Gasteiger partial charge in [0, 0.05) is 33.3 Å². The molecule has 1 unspecified atom stereocenters. The fourth-order valence-electron chi connectivity index (χ4n) is 8.56. The third-order valence-corrected chi connectivity index (χ3v) is 16.0. The molecule has 2 aromatic rings. The monoisotopic (exact) mass is 770 g/mol. The molecule has 0 fully saturated rings. The molecule has 0 spiro atoms. The van der Waals surface area contributed by atoms with Crippen molar-refractivity contribution in [2.24, 2.45) is 5.92 Å². The van der Waals surface area contributed by atoms with Gasteiger partial charge in [0.15, 0.2) is 0 Å². The number of hydrogen-bond donors (Lipinski definition) is 0. The highest BCUT2D eigenvalue weighted by molar-refractivity contribution is 8.37. The third-order valence-electron chi connectivity index (χ3n) is 11.7. The van der Waals surface area contributed by atoms with Crippen LogP contribution in [-0.2, 0) is 0 Å². The maximum Gasteiger partial charge on any atom is 0.0458 e. The summed E-state index contributed by atoms with van der Waals surface area (Å²) in [4.78, 5) is 5.97. The van der Waals surface area contributed by atoms with Crippen molar-refractivity contribution < 1.29 is 0 Å². The van der Waals surface area contributed by atoms with Crippen LogP contribution in [0.1, 0.15) is 160 Å². The molecule has 0 amide bonds. The molecule has 2 aromatic carbocycles.